The predicted molar refractivity (Wildman–Crippen MR) is 130 cm³/mol. The molecule has 174 valence electrons. The molecule has 1 fully saturated rings. The molecule has 33 heavy (non-hydrogen) atoms. The van der Waals surface area contributed by atoms with Crippen LogP contribution in [0.25, 0.3) is 10.9 Å². The first kappa shape index (κ1) is 22.9. The minimum absolute atomic E-state index is 0.0398. The van der Waals surface area contributed by atoms with Gasteiger partial charge in [-0.3, -0.25) is 4.79 Å². The van der Waals surface area contributed by atoms with Crippen LogP contribution < -0.4 is 0 Å². The Labute approximate surface area is 195 Å². The Morgan fingerprint density at radius 2 is 1.70 bits per heavy atom. The highest BCUT2D eigenvalue weighted by Crippen LogP contribution is 2.35. The highest BCUT2D eigenvalue weighted by molar-refractivity contribution is 5.88. The molecule has 3 aromatic rings. The minimum Gasteiger partial charge on any atom is -0.450 e. The maximum Gasteiger partial charge on any atom is 0.409 e. The lowest BCUT2D eigenvalue weighted by atomic mass is 9.87. The number of aromatic amines is 1. The van der Waals surface area contributed by atoms with Gasteiger partial charge < -0.3 is 19.5 Å². The van der Waals surface area contributed by atoms with Gasteiger partial charge in [-0.2, -0.15) is 0 Å². The summed E-state index contributed by atoms with van der Waals surface area (Å²) in [5, 5.41) is 1.18. The van der Waals surface area contributed by atoms with E-state index in [4.69, 9.17) is 4.74 Å². The van der Waals surface area contributed by atoms with Crippen LogP contribution in [0.4, 0.5) is 4.79 Å². The summed E-state index contributed by atoms with van der Waals surface area (Å²) in [6.07, 6.45) is 3.12. The first-order valence-corrected chi connectivity index (χ1v) is 11.9. The van der Waals surface area contributed by atoms with E-state index in [9.17, 15) is 9.59 Å². The second-order valence-electron chi connectivity index (χ2n) is 8.67. The number of hydrogen-bond acceptors (Lipinski definition) is 3. The van der Waals surface area contributed by atoms with E-state index >= 15 is 0 Å². The van der Waals surface area contributed by atoms with Gasteiger partial charge in [-0.25, -0.2) is 4.79 Å². The highest BCUT2D eigenvalue weighted by Gasteiger charge is 2.28. The van der Waals surface area contributed by atoms with Gasteiger partial charge in [-0.1, -0.05) is 55.0 Å². The number of fused-ring (bicyclic) bond motifs is 1. The van der Waals surface area contributed by atoms with Crippen molar-refractivity contribution in [2.75, 3.05) is 32.8 Å². The van der Waals surface area contributed by atoms with Crippen molar-refractivity contribution in [3.8, 4) is 0 Å². The summed E-state index contributed by atoms with van der Waals surface area (Å²) in [5.74, 6) is 0.0760. The summed E-state index contributed by atoms with van der Waals surface area (Å²) in [4.78, 5) is 32.4. The van der Waals surface area contributed by atoms with E-state index in [1.165, 1.54) is 16.5 Å². The molecule has 1 unspecified atom stereocenters. The van der Waals surface area contributed by atoms with Crippen LogP contribution in [0.15, 0.2) is 48.7 Å². The number of para-hydroxylation sites is 1. The number of hydrogen-bond donors (Lipinski definition) is 1. The Hall–Kier alpha value is -3.28. The van der Waals surface area contributed by atoms with Crippen molar-refractivity contribution >= 4 is 22.9 Å². The normalized spacial score (nSPS) is 15.0. The summed E-state index contributed by atoms with van der Waals surface area (Å²) in [7, 11) is 0. The Morgan fingerprint density at radius 3 is 2.36 bits per heavy atom. The third-order valence-corrected chi connectivity index (χ3v) is 6.61. The second kappa shape index (κ2) is 10.1. The highest BCUT2D eigenvalue weighted by atomic mass is 16.6. The SMILES string of the molecule is CCOC(=O)N1CCN(C(=O)CC(c2ccc(C)cc2)c2c[nH]c3c(CC)cccc23)CC1. The van der Waals surface area contributed by atoms with Crippen LogP contribution in [0.1, 0.15) is 48.4 Å². The molecule has 1 atom stereocenters. The topological polar surface area (TPSA) is 65.6 Å². The Balaban J connectivity index is 1.58. The molecule has 2 heterocycles. The molecule has 0 saturated carbocycles. The maximum absolute atomic E-state index is 13.4. The number of H-pyrrole nitrogens is 1. The third-order valence-electron chi connectivity index (χ3n) is 6.61. The molecule has 0 aliphatic carbocycles. The average molecular weight is 448 g/mol. The van der Waals surface area contributed by atoms with Crippen molar-refractivity contribution in [2.45, 2.75) is 39.5 Å². The van der Waals surface area contributed by atoms with E-state index in [1.807, 2.05) is 4.90 Å². The molecule has 6 nitrogen and oxygen atoms in total. The number of nitrogens with zero attached hydrogens (tertiary/aromatic N) is 2. The molecule has 1 aliphatic rings. The van der Waals surface area contributed by atoms with Gasteiger partial charge in [-0.15, -0.1) is 0 Å². The predicted octanol–water partition coefficient (Wildman–Crippen LogP) is 4.86. The average Bonchev–Trinajstić information content (AvgIpc) is 3.27. The first-order chi connectivity index (χ1) is 16.0. The molecule has 1 aromatic heterocycles. The van der Waals surface area contributed by atoms with Crippen molar-refractivity contribution < 1.29 is 14.3 Å². The van der Waals surface area contributed by atoms with Crippen molar-refractivity contribution in [1.29, 1.82) is 0 Å². The van der Waals surface area contributed by atoms with Crippen molar-refractivity contribution in [2.24, 2.45) is 0 Å². The molecule has 4 rings (SSSR count). The van der Waals surface area contributed by atoms with E-state index in [1.54, 1.807) is 11.8 Å². The minimum atomic E-state index is -0.298. The van der Waals surface area contributed by atoms with Crippen LogP contribution in [-0.4, -0.2) is 59.6 Å². The van der Waals surface area contributed by atoms with Crippen LogP contribution >= 0.6 is 0 Å². The van der Waals surface area contributed by atoms with Gasteiger partial charge >= 0.3 is 6.09 Å². The number of rotatable bonds is 6. The molecule has 2 amide bonds. The standard InChI is InChI=1S/C27H33N3O3/c1-4-20-7-6-8-22-24(18-28-26(20)22)23(21-11-9-19(3)10-12-21)17-25(31)29-13-15-30(16-14-29)27(32)33-5-2/h6-12,18,23,28H,4-5,13-17H2,1-3H3. The molecule has 0 radical (unpaired) electrons. The van der Waals surface area contributed by atoms with Crippen molar-refractivity contribution in [1.82, 2.24) is 14.8 Å². The van der Waals surface area contributed by atoms with Crippen LogP contribution in [-0.2, 0) is 16.0 Å². The van der Waals surface area contributed by atoms with E-state index in [0.29, 0.717) is 39.2 Å². The summed E-state index contributed by atoms with van der Waals surface area (Å²) in [6, 6.07) is 14.9. The Morgan fingerprint density at radius 1 is 1.00 bits per heavy atom. The Bertz CT molecular complexity index is 1110. The van der Waals surface area contributed by atoms with Crippen LogP contribution in [0.2, 0.25) is 0 Å². The molecule has 0 spiro atoms. The Kier molecular flexibility index (Phi) is 7.02. The van der Waals surface area contributed by atoms with Crippen LogP contribution in [0.5, 0.6) is 0 Å². The zero-order valence-corrected chi connectivity index (χ0v) is 19.8. The molecular formula is C27H33N3O3. The van der Waals surface area contributed by atoms with Crippen LogP contribution in [0, 0.1) is 6.92 Å². The summed E-state index contributed by atoms with van der Waals surface area (Å²) >= 11 is 0. The molecule has 1 aliphatic heterocycles. The zero-order valence-electron chi connectivity index (χ0n) is 19.8. The molecule has 1 saturated heterocycles. The molecule has 1 N–H and O–H groups in total. The summed E-state index contributed by atoms with van der Waals surface area (Å²) in [5.41, 5.74) is 5.93. The van der Waals surface area contributed by atoms with Gasteiger partial charge in [0.2, 0.25) is 5.91 Å². The molecule has 2 aromatic carbocycles. The first-order valence-electron chi connectivity index (χ1n) is 11.9. The lowest BCUT2D eigenvalue weighted by Crippen LogP contribution is -2.50. The lowest BCUT2D eigenvalue weighted by molar-refractivity contribution is -0.133. The van der Waals surface area contributed by atoms with E-state index in [0.717, 1.165) is 23.1 Å². The number of piperazine rings is 1. The number of aromatic nitrogens is 1. The fourth-order valence-corrected chi connectivity index (χ4v) is 4.68. The van der Waals surface area contributed by atoms with Crippen LogP contribution in [0.3, 0.4) is 0 Å². The fourth-order valence-electron chi connectivity index (χ4n) is 4.68. The monoisotopic (exact) mass is 447 g/mol. The second-order valence-corrected chi connectivity index (χ2v) is 8.67. The van der Waals surface area contributed by atoms with Gasteiger partial charge in [0.1, 0.15) is 0 Å². The molecule has 0 bridgehead atoms. The largest absolute Gasteiger partial charge is 0.450 e. The quantitative estimate of drug-likeness (QED) is 0.587. The number of aryl methyl sites for hydroxylation is 2. The van der Waals surface area contributed by atoms with Gasteiger partial charge in [0.15, 0.2) is 0 Å². The van der Waals surface area contributed by atoms with E-state index in [-0.39, 0.29) is 17.9 Å². The lowest BCUT2D eigenvalue weighted by Gasteiger charge is -2.34. The number of ether oxygens (including phenoxy) is 1. The van der Waals surface area contributed by atoms with Gasteiger partial charge in [0, 0.05) is 55.6 Å². The van der Waals surface area contributed by atoms with Gasteiger partial charge in [-0.05, 0) is 37.0 Å². The summed E-state index contributed by atoms with van der Waals surface area (Å²) in [6.45, 7) is 8.48. The van der Waals surface area contributed by atoms with Crippen molar-refractivity contribution in [3.05, 3.63) is 70.9 Å². The smallest absolute Gasteiger partial charge is 0.409 e. The number of nitrogens with one attached hydrogen (secondary N) is 1. The fraction of sp³-hybridized carbons (Fsp3) is 0.407. The zero-order chi connectivity index (χ0) is 23.4. The van der Waals surface area contributed by atoms with Crippen molar-refractivity contribution in [3.63, 3.8) is 0 Å². The van der Waals surface area contributed by atoms with Gasteiger partial charge in [0.05, 0.1) is 6.61 Å². The van der Waals surface area contributed by atoms with E-state index in [2.05, 4.69) is 67.5 Å². The number of carbonyl (C=O) groups excluding carboxylic acids is 2. The number of carbonyl (C=O) groups is 2. The number of amides is 2. The van der Waals surface area contributed by atoms with E-state index < -0.39 is 0 Å². The third kappa shape index (κ3) is 4.90. The molecule has 6 heteroatoms. The van der Waals surface area contributed by atoms with Gasteiger partial charge in [0.25, 0.3) is 0 Å². The number of benzene rings is 2. The summed E-state index contributed by atoms with van der Waals surface area (Å²) < 4.78 is 5.10. The molecular weight excluding hydrogens is 414 g/mol. The maximum atomic E-state index is 13.4.